The number of ether oxygens (including phenoxy) is 1. The molecule has 1 aromatic rings. The van der Waals surface area contributed by atoms with E-state index in [1.807, 2.05) is 11.0 Å². The summed E-state index contributed by atoms with van der Waals surface area (Å²) in [6.45, 7) is 13.7. The highest BCUT2D eigenvalue weighted by Crippen LogP contribution is 2.18. The highest BCUT2D eigenvalue weighted by Gasteiger charge is 2.27. The van der Waals surface area contributed by atoms with Crippen LogP contribution in [0.5, 0.6) is 0 Å². The minimum atomic E-state index is 0.174. The normalized spacial score (nSPS) is 24.4. The van der Waals surface area contributed by atoms with Gasteiger partial charge >= 0.3 is 0 Å². The van der Waals surface area contributed by atoms with Gasteiger partial charge in [-0.2, -0.15) is 0 Å². The molecule has 0 spiro atoms. The molecule has 1 amide bonds. The molecule has 3 aliphatic heterocycles. The zero-order valence-electron chi connectivity index (χ0n) is 17.3. The Balaban J connectivity index is 1.28. The van der Waals surface area contributed by atoms with Crippen LogP contribution in [0, 0.1) is 0 Å². The van der Waals surface area contributed by atoms with E-state index >= 15 is 0 Å². The average Bonchev–Trinajstić information content (AvgIpc) is 2.73. The third kappa shape index (κ3) is 4.57. The summed E-state index contributed by atoms with van der Waals surface area (Å²) in [6, 6.07) is 6.82. The molecule has 1 N–H and O–H groups in total. The van der Waals surface area contributed by atoms with Crippen molar-refractivity contribution in [1.29, 1.82) is 0 Å². The van der Waals surface area contributed by atoms with E-state index in [4.69, 9.17) is 4.74 Å². The number of carbonyl (C=O) groups is 1. The van der Waals surface area contributed by atoms with E-state index in [0.717, 1.165) is 77.5 Å². The maximum Gasteiger partial charge on any atom is 0.253 e. The summed E-state index contributed by atoms with van der Waals surface area (Å²) in [7, 11) is 0. The molecule has 154 valence electrons. The van der Waals surface area contributed by atoms with Gasteiger partial charge in [0, 0.05) is 64.0 Å². The Morgan fingerprint density at radius 1 is 1.18 bits per heavy atom. The topological polar surface area (TPSA) is 48.1 Å². The van der Waals surface area contributed by atoms with Gasteiger partial charge in [-0.05, 0) is 50.1 Å². The molecule has 0 aliphatic carbocycles. The van der Waals surface area contributed by atoms with Crippen LogP contribution < -0.4 is 5.32 Å². The van der Waals surface area contributed by atoms with Crippen LogP contribution in [0.4, 0.5) is 0 Å². The molecule has 4 rings (SSSR count). The standard InChI is InChI=1S/C22H34N4O2/c1-17(2)26-11-12-28-21(16-26)15-24-7-9-25(10-8-24)22(27)19-4-3-18-5-6-23-14-20(18)13-19/h3-4,13,17,21,23H,5-12,14-16H2,1-2H3. The fraction of sp³-hybridized carbons (Fsp3) is 0.682. The Labute approximate surface area is 168 Å². The number of rotatable bonds is 4. The first kappa shape index (κ1) is 19.8. The molecule has 0 aromatic heterocycles. The molecule has 6 nitrogen and oxygen atoms in total. The van der Waals surface area contributed by atoms with E-state index in [1.54, 1.807) is 0 Å². The van der Waals surface area contributed by atoms with Gasteiger partial charge in [0.2, 0.25) is 0 Å². The Morgan fingerprint density at radius 3 is 2.79 bits per heavy atom. The monoisotopic (exact) mass is 386 g/mol. The molecule has 0 radical (unpaired) electrons. The summed E-state index contributed by atoms with van der Waals surface area (Å²) in [6.07, 6.45) is 1.34. The Bertz CT molecular complexity index is 685. The molecule has 1 unspecified atom stereocenters. The number of nitrogens with one attached hydrogen (secondary N) is 1. The van der Waals surface area contributed by atoms with Crippen LogP contribution in [-0.2, 0) is 17.7 Å². The van der Waals surface area contributed by atoms with E-state index in [0.29, 0.717) is 6.04 Å². The first-order chi connectivity index (χ1) is 13.6. The van der Waals surface area contributed by atoms with Gasteiger partial charge < -0.3 is 15.0 Å². The van der Waals surface area contributed by atoms with Crippen LogP contribution in [0.3, 0.4) is 0 Å². The number of hydrogen-bond acceptors (Lipinski definition) is 5. The van der Waals surface area contributed by atoms with Crippen LogP contribution in [0.25, 0.3) is 0 Å². The third-order valence-corrected chi connectivity index (χ3v) is 6.36. The second-order valence-corrected chi connectivity index (χ2v) is 8.58. The third-order valence-electron chi connectivity index (χ3n) is 6.36. The van der Waals surface area contributed by atoms with Crippen molar-refractivity contribution in [3.05, 3.63) is 34.9 Å². The SMILES string of the molecule is CC(C)N1CCOC(CN2CCN(C(=O)c3ccc4c(c3)CNCC4)CC2)C1. The van der Waals surface area contributed by atoms with Crippen LogP contribution in [0.1, 0.15) is 35.3 Å². The Hall–Kier alpha value is -1.47. The van der Waals surface area contributed by atoms with Crippen molar-refractivity contribution in [3.8, 4) is 0 Å². The first-order valence-corrected chi connectivity index (χ1v) is 10.8. The zero-order chi connectivity index (χ0) is 19.5. The fourth-order valence-corrected chi connectivity index (χ4v) is 4.54. The maximum atomic E-state index is 13.0. The lowest BCUT2D eigenvalue weighted by Gasteiger charge is -2.40. The summed E-state index contributed by atoms with van der Waals surface area (Å²) in [4.78, 5) is 19.9. The first-order valence-electron chi connectivity index (χ1n) is 10.8. The molecule has 2 saturated heterocycles. The van der Waals surface area contributed by atoms with E-state index in [2.05, 4.69) is 41.1 Å². The van der Waals surface area contributed by atoms with Gasteiger partial charge in [0.05, 0.1) is 12.7 Å². The van der Waals surface area contributed by atoms with E-state index < -0.39 is 0 Å². The van der Waals surface area contributed by atoms with Crippen molar-refractivity contribution < 1.29 is 9.53 Å². The van der Waals surface area contributed by atoms with Crippen molar-refractivity contribution in [2.45, 2.75) is 39.0 Å². The molecule has 6 heteroatoms. The summed E-state index contributed by atoms with van der Waals surface area (Å²) in [5.41, 5.74) is 3.49. The minimum absolute atomic E-state index is 0.174. The number of hydrogen-bond donors (Lipinski definition) is 1. The van der Waals surface area contributed by atoms with E-state index in [9.17, 15) is 4.79 Å². The predicted molar refractivity (Wildman–Crippen MR) is 111 cm³/mol. The Morgan fingerprint density at radius 2 is 2.00 bits per heavy atom. The highest BCUT2D eigenvalue weighted by atomic mass is 16.5. The van der Waals surface area contributed by atoms with Gasteiger partial charge in [-0.15, -0.1) is 0 Å². The molecule has 0 bridgehead atoms. The lowest BCUT2D eigenvalue weighted by molar-refractivity contribution is -0.0555. The summed E-state index contributed by atoms with van der Waals surface area (Å²) < 4.78 is 5.99. The minimum Gasteiger partial charge on any atom is -0.374 e. The maximum absolute atomic E-state index is 13.0. The quantitative estimate of drug-likeness (QED) is 0.843. The van der Waals surface area contributed by atoms with E-state index in [-0.39, 0.29) is 12.0 Å². The van der Waals surface area contributed by atoms with Gasteiger partial charge in [-0.3, -0.25) is 14.6 Å². The number of fused-ring (bicyclic) bond motifs is 1. The highest BCUT2D eigenvalue weighted by molar-refractivity contribution is 5.94. The number of morpholine rings is 1. The van der Waals surface area contributed by atoms with Crippen LogP contribution in [-0.4, -0.2) is 91.7 Å². The molecule has 3 aliphatic rings. The van der Waals surface area contributed by atoms with Crippen LogP contribution in [0.2, 0.25) is 0 Å². The number of carbonyl (C=O) groups excluding carboxylic acids is 1. The zero-order valence-corrected chi connectivity index (χ0v) is 17.3. The lowest BCUT2D eigenvalue weighted by atomic mass is 9.98. The second kappa shape index (κ2) is 8.91. The molecule has 1 aromatic carbocycles. The molecule has 3 heterocycles. The van der Waals surface area contributed by atoms with Crippen molar-refractivity contribution in [2.24, 2.45) is 0 Å². The molecular formula is C22H34N4O2. The predicted octanol–water partition coefficient (Wildman–Crippen LogP) is 1.20. The van der Waals surface area contributed by atoms with Crippen molar-refractivity contribution in [1.82, 2.24) is 20.0 Å². The molecule has 2 fully saturated rings. The molecule has 0 saturated carbocycles. The lowest BCUT2D eigenvalue weighted by Crippen LogP contribution is -2.54. The Kier molecular flexibility index (Phi) is 6.31. The fourth-order valence-electron chi connectivity index (χ4n) is 4.54. The van der Waals surface area contributed by atoms with Gasteiger partial charge in [0.25, 0.3) is 5.91 Å². The average molecular weight is 387 g/mol. The van der Waals surface area contributed by atoms with Crippen molar-refractivity contribution in [2.75, 3.05) is 59.0 Å². The van der Waals surface area contributed by atoms with Crippen LogP contribution >= 0.6 is 0 Å². The molecule has 1 atom stereocenters. The number of amides is 1. The van der Waals surface area contributed by atoms with Gasteiger partial charge in [0.15, 0.2) is 0 Å². The summed E-state index contributed by atoms with van der Waals surface area (Å²) >= 11 is 0. The largest absolute Gasteiger partial charge is 0.374 e. The van der Waals surface area contributed by atoms with Gasteiger partial charge in [0.1, 0.15) is 0 Å². The van der Waals surface area contributed by atoms with E-state index in [1.165, 1.54) is 11.1 Å². The second-order valence-electron chi connectivity index (χ2n) is 8.58. The summed E-state index contributed by atoms with van der Waals surface area (Å²) in [5, 5.41) is 3.39. The number of benzene rings is 1. The smallest absolute Gasteiger partial charge is 0.253 e. The van der Waals surface area contributed by atoms with Crippen molar-refractivity contribution in [3.63, 3.8) is 0 Å². The van der Waals surface area contributed by atoms with Crippen molar-refractivity contribution >= 4 is 5.91 Å². The van der Waals surface area contributed by atoms with Gasteiger partial charge in [-0.25, -0.2) is 0 Å². The summed E-state index contributed by atoms with van der Waals surface area (Å²) in [5.74, 6) is 0.174. The number of nitrogens with zero attached hydrogens (tertiary/aromatic N) is 3. The van der Waals surface area contributed by atoms with Gasteiger partial charge in [-0.1, -0.05) is 6.07 Å². The molecular weight excluding hydrogens is 352 g/mol. The number of piperazine rings is 1. The van der Waals surface area contributed by atoms with Crippen LogP contribution in [0.15, 0.2) is 18.2 Å². The molecule has 28 heavy (non-hydrogen) atoms.